The van der Waals surface area contributed by atoms with E-state index >= 15 is 0 Å². The number of hydrogen-bond donors (Lipinski definition) is 0. The molecule has 0 unspecified atom stereocenters. The Morgan fingerprint density at radius 1 is 0.188 bits per heavy atom. The minimum Gasteiger partial charge on any atom is -0.287 e. The standard InChI is InChI=1S/C24H13N3O.3C23H12N4O/c28-24-16-10-6-12-25-21(16)22-20-17(13-19(27-22)14-7-2-1-3-8-14)15-9-4-5-11-18(15)26-23(20)24;28-23-15-7-4-10-25-20(15)21-19-16(11-18(27-21)13-5-3-9-24-12-13)14-6-1-2-8-17(14)26-22(19)23;28-23-14-7-5-11-25-20(14)21-19-15(12-18(27-21)17-9-3-4-10-24-17)13-6-1-2-8-16(13)26-22(19)23;28-23-15-5-3-9-25-20(15)21-19-16(12-18(27-21)13-7-10-24-11-8-13)14-4-1-2-6-17(14)26-22(19)23/h1-13H;3*1-12H. The Hall–Kier alpha value is -15.9. The van der Waals surface area contributed by atoms with E-state index in [9.17, 15) is 19.2 Å². The maximum atomic E-state index is 13.2. The van der Waals surface area contributed by atoms with Crippen LogP contribution in [0.5, 0.6) is 0 Å². The summed E-state index contributed by atoms with van der Waals surface area (Å²) in [5.74, 6) is -0.425. The third-order valence-electron chi connectivity index (χ3n) is 20.6. The van der Waals surface area contributed by atoms with Crippen LogP contribution in [0.15, 0.2) is 298 Å². The van der Waals surface area contributed by atoms with Crippen molar-refractivity contribution in [3.8, 4) is 90.7 Å². The number of fused-ring (bicyclic) bond motifs is 16. The average Bonchev–Trinajstić information content (AvgIpc) is 0.737. The van der Waals surface area contributed by atoms with Gasteiger partial charge in [-0.05, 0) is 155 Å². The van der Waals surface area contributed by atoms with Gasteiger partial charge in [-0.25, -0.2) is 39.9 Å². The topological polar surface area (TPSA) is 262 Å². The molecule has 0 amide bonds. The number of rotatable bonds is 4. The molecule has 4 aliphatic carbocycles. The van der Waals surface area contributed by atoms with E-state index in [-0.39, 0.29) is 23.1 Å². The van der Waals surface area contributed by atoms with Crippen LogP contribution >= 0.6 is 0 Å². The van der Waals surface area contributed by atoms with E-state index in [2.05, 4.69) is 55.9 Å². The van der Waals surface area contributed by atoms with Crippen LogP contribution in [-0.4, -0.2) is 97.9 Å². The van der Waals surface area contributed by atoms with Gasteiger partial charge in [0.15, 0.2) is 0 Å². The Balaban J connectivity index is 0.0000000943. The summed E-state index contributed by atoms with van der Waals surface area (Å²) in [6, 6.07) is 77.4. The van der Waals surface area contributed by atoms with E-state index in [4.69, 9.17) is 24.9 Å². The Morgan fingerprint density at radius 3 is 0.866 bits per heavy atom. The molecule has 20 aromatic rings. The number of hydrogen-bond acceptors (Lipinski definition) is 19. The zero-order chi connectivity index (χ0) is 74.7. The lowest BCUT2D eigenvalue weighted by atomic mass is 9.89. The highest BCUT2D eigenvalue weighted by molar-refractivity contribution is 6.31. The number of ketones is 4. The van der Waals surface area contributed by atoms with Crippen LogP contribution in [0, 0.1) is 0 Å². The van der Waals surface area contributed by atoms with Crippen molar-refractivity contribution >= 4 is 110 Å². The van der Waals surface area contributed by atoms with Crippen molar-refractivity contribution in [1.82, 2.24) is 74.8 Å². The summed E-state index contributed by atoms with van der Waals surface area (Å²) in [4.78, 5) is 122. The van der Waals surface area contributed by atoms with Crippen LogP contribution in [0.25, 0.3) is 177 Å². The molecular weight excluding hydrogens is 1390 g/mol. The number of nitrogens with zero attached hydrogens (tertiary/aromatic N) is 15. The molecule has 0 radical (unpaired) electrons. The molecule has 0 aliphatic heterocycles. The van der Waals surface area contributed by atoms with Gasteiger partial charge in [0.05, 0.1) is 72.8 Å². The van der Waals surface area contributed by atoms with E-state index in [1.54, 1.807) is 104 Å². The molecule has 0 saturated carbocycles. The van der Waals surface area contributed by atoms with Gasteiger partial charge in [0.25, 0.3) is 0 Å². The predicted octanol–water partition coefficient (Wildman–Crippen LogP) is 18.4. The molecule has 5 aromatic carbocycles. The summed E-state index contributed by atoms with van der Waals surface area (Å²) in [7, 11) is 0. The largest absolute Gasteiger partial charge is 0.287 e. The van der Waals surface area contributed by atoms with E-state index in [1.165, 1.54) is 0 Å². The first-order valence-electron chi connectivity index (χ1n) is 36.0. The van der Waals surface area contributed by atoms with Crippen molar-refractivity contribution in [2.45, 2.75) is 0 Å². The maximum absolute atomic E-state index is 13.2. The number of carbonyl (C=O) groups is 4. The molecular formula is C93H49N15O4. The van der Waals surface area contributed by atoms with Gasteiger partial charge in [-0.2, -0.15) is 0 Å². The lowest BCUT2D eigenvalue weighted by Crippen LogP contribution is -2.14. The second-order valence-electron chi connectivity index (χ2n) is 27.0. The third-order valence-corrected chi connectivity index (χ3v) is 20.6. The van der Waals surface area contributed by atoms with Crippen LogP contribution in [0.1, 0.15) is 64.2 Å². The fourth-order valence-electron chi connectivity index (χ4n) is 15.6. The summed E-state index contributed by atoms with van der Waals surface area (Å²) >= 11 is 0. The second kappa shape index (κ2) is 26.0. The Labute approximate surface area is 634 Å². The summed E-state index contributed by atoms with van der Waals surface area (Å²) < 4.78 is 0. The van der Waals surface area contributed by atoms with Crippen molar-refractivity contribution in [3.05, 3.63) is 343 Å². The van der Waals surface area contributed by atoms with Crippen LogP contribution < -0.4 is 0 Å². The summed E-state index contributed by atoms with van der Waals surface area (Å²) in [5.41, 5.74) is 19.2. The Kier molecular flexibility index (Phi) is 15.0. The van der Waals surface area contributed by atoms with Crippen molar-refractivity contribution < 1.29 is 19.2 Å². The molecule has 520 valence electrons. The summed E-state index contributed by atoms with van der Waals surface area (Å²) in [6.07, 6.45) is 15.5. The molecule has 19 heteroatoms. The molecule has 0 atom stereocenters. The number of carbonyl (C=O) groups excluding carboxylic acids is 4. The zero-order valence-corrected chi connectivity index (χ0v) is 58.6. The molecule has 0 fully saturated rings. The maximum Gasteiger partial charge on any atom is 0.214 e. The Morgan fingerprint density at radius 2 is 0.500 bits per heavy atom. The van der Waals surface area contributed by atoms with Gasteiger partial charge in [-0.1, -0.05) is 109 Å². The molecule has 0 N–H and O–H groups in total. The minimum atomic E-state index is -0.112. The molecule has 0 saturated heterocycles. The third kappa shape index (κ3) is 10.4. The SMILES string of the molecule is O=C1c2cccnc2-c2nc(-c3ccccc3)cc3c2c1nc1ccccc13.O=C1c2cccnc2-c2nc(-c3ccccn3)cc3c2c1nc1ccccc13.O=C1c2cccnc2-c2nc(-c3cccnc3)cc3c2c1nc1ccccc13.O=C1c2cccnc2-c2nc(-c3ccncc3)cc3c2c1nc1ccccc13. The average molecular weight is 1440 g/mol. The summed E-state index contributed by atoms with van der Waals surface area (Å²) in [6.45, 7) is 0. The molecule has 112 heavy (non-hydrogen) atoms. The predicted molar refractivity (Wildman–Crippen MR) is 430 cm³/mol. The second-order valence-corrected chi connectivity index (χ2v) is 27.0. The van der Waals surface area contributed by atoms with Gasteiger partial charge in [0.2, 0.25) is 23.1 Å². The monoisotopic (exact) mass is 1440 g/mol. The van der Waals surface area contributed by atoms with Crippen LogP contribution in [0.4, 0.5) is 0 Å². The molecule has 0 bridgehead atoms. The normalized spacial score (nSPS) is 12.4. The van der Waals surface area contributed by atoms with Crippen LogP contribution in [0.2, 0.25) is 0 Å². The van der Waals surface area contributed by atoms with Gasteiger partial charge in [0.1, 0.15) is 68.3 Å². The first-order chi connectivity index (χ1) is 55.2. The lowest BCUT2D eigenvalue weighted by Gasteiger charge is -2.19. The van der Waals surface area contributed by atoms with Gasteiger partial charge in [-0.3, -0.25) is 54.1 Å². The van der Waals surface area contributed by atoms with E-state index in [1.807, 2.05) is 188 Å². The lowest BCUT2D eigenvalue weighted by molar-refractivity contribution is 0.102. The highest BCUT2D eigenvalue weighted by atomic mass is 16.1. The van der Waals surface area contributed by atoms with Crippen molar-refractivity contribution in [3.63, 3.8) is 0 Å². The summed E-state index contributed by atoms with van der Waals surface area (Å²) in [5, 5.41) is 10.9. The highest BCUT2D eigenvalue weighted by Gasteiger charge is 2.35. The van der Waals surface area contributed by atoms with E-state index in [0.29, 0.717) is 84.9 Å². The van der Waals surface area contributed by atoms with Gasteiger partial charge >= 0.3 is 0 Å². The van der Waals surface area contributed by atoms with E-state index < -0.39 is 0 Å². The first-order valence-corrected chi connectivity index (χ1v) is 36.0. The number of benzene rings is 5. The first kappa shape index (κ1) is 64.5. The number of para-hydroxylation sites is 4. The van der Waals surface area contributed by atoms with Gasteiger partial charge in [-0.15, -0.1) is 0 Å². The molecule has 24 rings (SSSR count). The van der Waals surface area contributed by atoms with Crippen LogP contribution in [-0.2, 0) is 0 Å². The van der Waals surface area contributed by atoms with Crippen molar-refractivity contribution in [1.29, 1.82) is 0 Å². The molecule has 15 heterocycles. The fraction of sp³-hybridized carbons (Fsp3) is 0. The van der Waals surface area contributed by atoms with E-state index in [0.717, 1.165) is 138 Å². The highest BCUT2D eigenvalue weighted by Crippen LogP contribution is 2.46. The van der Waals surface area contributed by atoms with Crippen molar-refractivity contribution in [2.24, 2.45) is 0 Å². The number of aromatic nitrogens is 15. The minimum absolute atomic E-state index is 0.0967. The molecule has 15 aromatic heterocycles. The van der Waals surface area contributed by atoms with Crippen LogP contribution in [0.3, 0.4) is 0 Å². The quantitative estimate of drug-likeness (QED) is 0.148. The molecule has 0 spiro atoms. The molecule has 4 aliphatic rings. The zero-order valence-electron chi connectivity index (χ0n) is 58.6. The molecule has 19 nitrogen and oxygen atoms in total. The van der Waals surface area contributed by atoms with Gasteiger partial charge in [0, 0.05) is 116 Å². The smallest absolute Gasteiger partial charge is 0.214 e. The van der Waals surface area contributed by atoms with Gasteiger partial charge < -0.3 is 0 Å². The number of pyridine rings is 15. The fourth-order valence-corrected chi connectivity index (χ4v) is 15.6. The Bertz CT molecular complexity index is 6600. The van der Waals surface area contributed by atoms with Crippen molar-refractivity contribution in [2.75, 3.05) is 0 Å².